The first-order valence-electron chi connectivity index (χ1n) is 13.5. The minimum Gasteiger partial charge on any atom is -0.493 e. The summed E-state index contributed by atoms with van der Waals surface area (Å²) in [6.45, 7) is 7.48. The van der Waals surface area contributed by atoms with E-state index in [2.05, 4.69) is 25.3 Å². The number of fused-ring (bicyclic) bond motifs is 1. The van der Waals surface area contributed by atoms with Gasteiger partial charge in [0.15, 0.2) is 11.5 Å². The van der Waals surface area contributed by atoms with Crippen LogP contribution in [0.3, 0.4) is 0 Å². The molecular formula is C31H36BrN5O4. The predicted octanol–water partition coefficient (Wildman–Crippen LogP) is 6.00. The normalized spacial score (nSPS) is 13.9. The van der Waals surface area contributed by atoms with Crippen molar-refractivity contribution in [2.24, 2.45) is 5.16 Å². The largest absolute Gasteiger partial charge is 0.493 e. The molecule has 2 heterocycles. The van der Waals surface area contributed by atoms with Crippen LogP contribution in [0.4, 0.5) is 11.5 Å². The van der Waals surface area contributed by atoms with Crippen molar-refractivity contribution in [1.82, 2.24) is 14.9 Å². The summed E-state index contributed by atoms with van der Waals surface area (Å²) in [5, 5.41) is 8.53. The van der Waals surface area contributed by atoms with Crippen molar-refractivity contribution in [3.05, 3.63) is 84.2 Å². The van der Waals surface area contributed by atoms with Gasteiger partial charge in [-0.2, -0.15) is 0 Å². The Balaban J connectivity index is 0.00000387. The van der Waals surface area contributed by atoms with Crippen LogP contribution in [0.5, 0.6) is 11.5 Å². The van der Waals surface area contributed by atoms with Gasteiger partial charge < -0.3 is 24.4 Å². The Hall–Kier alpha value is -3.73. The van der Waals surface area contributed by atoms with Crippen molar-refractivity contribution in [3.8, 4) is 11.5 Å². The van der Waals surface area contributed by atoms with E-state index in [1.807, 2.05) is 73.7 Å². The van der Waals surface area contributed by atoms with Crippen LogP contribution in [0.2, 0.25) is 0 Å². The minimum atomic E-state index is 0. The van der Waals surface area contributed by atoms with Gasteiger partial charge in [0.05, 0.1) is 38.2 Å². The van der Waals surface area contributed by atoms with Gasteiger partial charge >= 0.3 is 0 Å². The summed E-state index contributed by atoms with van der Waals surface area (Å²) < 4.78 is 17.2. The van der Waals surface area contributed by atoms with Crippen LogP contribution in [0.25, 0.3) is 10.9 Å². The molecule has 41 heavy (non-hydrogen) atoms. The molecule has 1 fully saturated rings. The Morgan fingerprint density at radius 1 is 1.00 bits per heavy atom. The van der Waals surface area contributed by atoms with Crippen LogP contribution in [0, 0.1) is 0 Å². The minimum absolute atomic E-state index is 0. The van der Waals surface area contributed by atoms with E-state index < -0.39 is 0 Å². The van der Waals surface area contributed by atoms with Gasteiger partial charge in [-0.15, -0.1) is 17.0 Å². The second-order valence-corrected chi connectivity index (χ2v) is 9.54. The molecule has 0 spiro atoms. The van der Waals surface area contributed by atoms with Gasteiger partial charge in [-0.05, 0) is 42.7 Å². The number of morpholine rings is 1. The summed E-state index contributed by atoms with van der Waals surface area (Å²) >= 11 is 0. The number of benzene rings is 3. The van der Waals surface area contributed by atoms with Crippen LogP contribution in [0.1, 0.15) is 24.5 Å². The summed E-state index contributed by atoms with van der Waals surface area (Å²) in [6.07, 6.45) is 2.46. The number of nitrogens with one attached hydrogen (secondary N) is 1. The third-order valence-corrected chi connectivity index (χ3v) is 6.74. The molecule has 5 rings (SSSR count). The van der Waals surface area contributed by atoms with Crippen molar-refractivity contribution in [2.75, 3.05) is 51.9 Å². The van der Waals surface area contributed by atoms with E-state index in [9.17, 15) is 0 Å². The average molecular weight is 623 g/mol. The second kappa shape index (κ2) is 15.3. The number of hydrogen-bond acceptors (Lipinski definition) is 9. The fourth-order valence-corrected chi connectivity index (χ4v) is 4.49. The lowest BCUT2D eigenvalue weighted by molar-refractivity contribution is 0.0357. The fraction of sp³-hybridized carbons (Fsp3) is 0.323. The topological polar surface area (TPSA) is 90.3 Å². The zero-order valence-corrected chi connectivity index (χ0v) is 25.1. The lowest BCUT2D eigenvalue weighted by Gasteiger charge is -2.26. The molecule has 1 saturated heterocycles. The fourth-order valence-electron chi connectivity index (χ4n) is 4.49. The Bertz CT molecular complexity index is 1410. The first-order chi connectivity index (χ1) is 19.7. The summed E-state index contributed by atoms with van der Waals surface area (Å²) in [4.78, 5) is 16.9. The maximum atomic E-state index is 6.14. The highest BCUT2D eigenvalue weighted by Gasteiger charge is 2.13. The molecule has 4 aromatic rings. The highest BCUT2D eigenvalue weighted by molar-refractivity contribution is 8.93. The third kappa shape index (κ3) is 8.39. The van der Waals surface area contributed by atoms with Crippen LogP contribution < -0.4 is 14.8 Å². The summed E-state index contributed by atoms with van der Waals surface area (Å²) in [5.41, 5.74) is 4.52. The molecule has 1 aromatic heterocycles. The number of oxime groups is 1. The van der Waals surface area contributed by atoms with Crippen molar-refractivity contribution in [1.29, 1.82) is 0 Å². The lowest BCUT2D eigenvalue weighted by Crippen LogP contribution is -2.37. The molecule has 3 aromatic carbocycles. The third-order valence-electron chi connectivity index (χ3n) is 6.74. The molecule has 1 N–H and O–H groups in total. The van der Waals surface area contributed by atoms with E-state index in [1.165, 1.54) is 0 Å². The molecule has 10 heteroatoms. The van der Waals surface area contributed by atoms with Gasteiger partial charge in [0.2, 0.25) is 0 Å². The first-order valence-corrected chi connectivity index (χ1v) is 13.5. The standard InChI is InChI=1S/C31H35N5O4.BrH/c1-23(35-40-21-24-7-4-3-5-8-24)25-9-11-26(12-10-25)34-31-27-19-30(29(37-2)20-28(27)32-22-33-31)39-16-6-13-36-14-17-38-18-15-36;/h3-5,7-12,19-20,22H,6,13-18,21H2,1-2H3,(H,32,33,34);1H/b35-23-;. The van der Waals surface area contributed by atoms with Gasteiger partial charge in [0, 0.05) is 36.8 Å². The van der Waals surface area contributed by atoms with Gasteiger partial charge in [0.1, 0.15) is 18.8 Å². The lowest BCUT2D eigenvalue weighted by atomic mass is 10.1. The molecule has 0 saturated carbocycles. The molecule has 1 aliphatic heterocycles. The van der Waals surface area contributed by atoms with Crippen molar-refractivity contribution < 1.29 is 19.0 Å². The predicted molar refractivity (Wildman–Crippen MR) is 167 cm³/mol. The van der Waals surface area contributed by atoms with Gasteiger partial charge in [-0.25, -0.2) is 9.97 Å². The zero-order valence-electron chi connectivity index (χ0n) is 23.4. The number of nitrogens with zero attached hydrogens (tertiary/aromatic N) is 4. The molecule has 0 aliphatic carbocycles. The van der Waals surface area contributed by atoms with Gasteiger partial charge in [-0.3, -0.25) is 4.90 Å². The smallest absolute Gasteiger partial charge is 0.162 e. The van der Waals surface area contributed by atoms with E-state index in [0.717, 1.165) is 72.7 Å². The van der Waals surface area contributed by atoms with Gasteiger partial charge in [0.25, 0.3) is 0 Å². The Kier molecular flexibility index (Phi) is 11.3. The molecule has 0 bridgehead atoms. The summed E-state index contributed by atoms with van der Waals surface area (Å²) in [6, 6.07) is 21.8. The number of rotatable bonds is 12. The van der Waals surface area contributed by atoms with Crippen molar-refractivity contribution >= 4 is 45.1 Å². The maximum absolute atomic E-state index is 6.14. The Morgan fingerprint density at radius 2 is 1.78 bits per heavy atom. The van der Waals surface area contributed by atoms with E-state index in [4.69, 9.17) is 19.0 Å². The van der Waals surface area contributed by atoms with Crippen LogP contribution in [-0.4, -0.2) is 67.1 Å². The quantitative estimate of drug-likeness (QED) is 0.117. The maximum Gasteiger partial charge on any atom is 0.162 e. The second-order valence-electron chi connectivity index (χ2n) is 9.54. The van der Waals surface area contributed by atoms with E-state index in [0.29, 0.717) is 30.5 Å². The Labute approximate surface area is 251 Å². The molecule has 1 aliphatic rings. The SMILES string of the molecule is Br.COc1cc2ncnc(Nc3ccc(/C(C)=N\OCc4ccccc4)cc3)c2cc1OCCCN1CCOCC1. The molecule has 216 valence electrons. The molecule has 0 unspecified atom stereocenters. The molecule has 0 radical (unpaired) electrons. The number of hydrogen-bond donors (Lipinski definition) is 1. The van der Waals surface area contributed by atoms with E-state index in [1.54, 1.807) is 13.4 Å². The van der Waals surface area contributed by atoms with Crippen molar-refractivity contribution in [3.63, 3.8) is 0 Å². The number of aromatic nitrogens is 2. The molecule has 0 atom stereocenters. The Morgan fingerprint density at radius 3 is 2.54 bits per heavy atom. The number of anilines is 2. The molecule has 9 nitrogen and oxygen atoms in total. The number of methoxy groups -OCH3 is 1. The van der Waals surface area contributed by atoms with Crippen LogP contribution in [0.15, 0.2) is 78.2 Å². The van der Waals surface area contributed by atoms with Crippen LogP contribution >= 0.6 is 17.0 Å². The number of halogens is 1. The zero-order chi connectivity index (χ0) is 27.6. The van der Waals surface area contributed by atoms with Crippen molar-refractivity contribution in [2.45, 2.75) is 20.0 Å². The van der Waals surface area contributed by atoms with E-state index in [-0.39, 0.29) is 17.0 Å². The highest BCUT2D eigenvalue weighted by atomic mass is 79.9. The van der Waals surface area contributed by atoms with Crippen LogP contribution in [-0.2, 0) is 16.2 Å². The van der Waals surface area contributed by atoms with Gasteiger partial charge in [-0.1, -0.05) is 47.6 Å². The number of ether oxygens (including phenoxy) is 3. The summed E-state index contributed by atoms with van der Waals surface area (Å²) in [5.74, 6) is 2.01. The first kappa shape index (κ1) is 30.2. The molecular weight excluding hydrogens is 586 g/mol. The van der Waals surface area contributed by atoms with E-state index >= 15 is 0 Å². The summed E-state index contributed by atoms with van der Waals surface area (Å²) in [7, 11) is 1.64. The molecule has 0 amide bonds. The average Bonchev–Trinajstić information content (AvgIpc) is 3.00. The monoisotopic (exact) mass is 621 g/mol. The highest BCUT2D eigenvalue weighted by Crippen LogP contribution is 2.35.